The molecule has 2 rings (SSSR count). The molecule has 0 saturated carbocycles. The van der Waals surface area contributed by atoms with E-state index in [9.17, 15) is 22.4 Å². The molecule has 20 heavy (non-hydrogen) atoms. The minimum Gasteiger partial charge on any atom is -0.339 e. The molecule has 0 aliphatic carbocycles. The first-order valence-corrected chi connectivity index (χ1v) is 6.20. The van der Waals surface area contributed by atoms with Crippen LogP contribution in [0.25, 0.3) is 0 Å². The lowest BCUT2D eigenvalue weighted by atomic mass is 10.0. The third-order valence-corrected chi connectivity index (χ3v) is 3.35. The van der Waals surface area contributed by atoms with Gasteiger partial charge in [-0.05, 0) is 31.0 Å². The van der Waals surface area contributed by atoms with Gasteiger partial charge in [0.25, 0.3) is 5.91 Å². The van der Waals surface area contributed by atoms with Gasteiger partial charge < -0.3 is 10.6 Å². The first-order chi connectivity index (χ1) is 9.29. The van der Waals surface area contributed by atoms with Gasteiger partial charge in [-0.1, -0.05) is 0 Å². The number of hydrogen-bond donors (Lipinski definition) is 1. The highest BCUT2D eigenvalue weighted by molar-refractivity contribution is 5.94. The van der Waals surface area contributed by atoms with Gasteiger partial charge in [0.1, 0.15) is 5.82 Å². The summed E-state index contributed by atoms with van der Waals surface area (Å²) >= 11 is 0. The van der Waals surface area contributed by atoms with E-state index in [0.29, 0.717) is 38.1 Å². The lowest BCUT2D eigenvalue weighted by Crippen LogP contribution is -2.42. The summed E-state index contributed by atoms with van der Waals surface area (Å²) in [5, 5.41) is 0. The molecule has 1 saturated heterocycles. The Morgan fingerprint density at radius 1 is 1.25 bits per heavy atom. The predicted molar refractivity (Wildman–Crippen MR) is 64.5 cm³/mol. The van der Waals surface area contributed by atoms with Crippen molar-refractivity contribution in [3.8, 4) is 0 Å². The number of nitrogens with zero attached hydrogens (tertiary/aromatic N) is 1. The van der Waals surface area contributed by atoms with Gasteiger partial charge in [-0.3, -0.25) is 4.79 Å². The molecule has 0 aromatic heterocycles. The number of halogens is 4. The molecule has 1 aromatic carbocycles. The van der Waals surface area contributed by atoms with E-state index < -0.39 is 23.5 Å². The molecular weight excluding hydrogens is 276 g/mol. The van der Waals surface area contributed by atoms with Gasteiger partial charge in [0, 0.05) is 24.7 Å². The van der Waals surface area contributed by atoms with Crippen LogP contribution in [-0.4, -0.2) is 29.9 Å². The summed E-state index contributed by atoms with van der Waals surface area (Å²) in [6.45, 7) is 0.803. The number of amides is 1. The number of hydrogen-bond acceptors (Lipinski definition) is 2. The molecule has 1 aliphatic rings. The van der Waals surface area contributed by atoms with E-state index in [1.54, 1.807) is 0 Å². The molecule has 3 nitrogen and oxygen atoms in total. The summed E-state index contributed by atoms with van der Waals surface area (Å²) < 4.78 is 51.0. The number of carbonyl (C=O) groups excluding carboxylic acids is 1. The van der Waals surface area contributed by atoms with E-state index in [0.717, 1.165) is 6.07 Å². The fraction of sp³-hybridized carbons (Fsp3) is 0.462. The van der Waals surface area contributed by atoms with Crippen molar-refractivity contribution in [1.29, 1.82) is 0 Å². The van der Waals surface area contributed by atoms with Crippen molar-refractivity contribution in [2.24, 2.45) is 5.73 Å². The highest BCUT2D eigenvalue weighted by Gasteiger charge is 2.35. The third kappa shape index (κ3) is 3.09. The summed E-state index contributed by atoms with van der Waals surface area (Å²) in [5.41, 5.74) is 4.12. The van der Waals surface area contributed by atoms with Crippen LogP contribution in [0.5, 0.6) is 0 Å². The average Bonchev–Trinajstić information content (AvgIpc) is 2.38. The van der Waals surface area contributed by atoms with Crippen LogP contribution >= 0.6 is 0 Å². The Morgan fingerprint density at radius 3 is 2.40 bits per heavy atom. The second-order valence-corrected chi connectivity index (χ2v) is 4.82. The van der Waals surface area contributed by atoms with Crippen LogP contribution in [0.3, 0.4) is 0 Å². The molecule has 1 aromatic rings. The van der Waals surface area contributed by atoms with Gasteiger partial charge in [0.2, 0.25) is 0 Å². The molecule has 2 N–H and O–H groups in total. The predicted octanol–water partition coefficient (Wildman–Crippen LogP) is 2.41. The normalized spacial score (nSPS) is 17.4. The highest BCUT2D eigenvalue weighted by Crippen LogP contribution is 2.32. The van der Waals surface area contributed by atoms with Crippen LogP contribution in [-0.2, 0) is 6.18 Å². The summed E-state index contributed by atoms with van der Waals surface area (Å²) in [4.78, 5) is 13.5. The zero-order valence-corrected chi connectivity index (χ0v) is 10.6. The molecule has 1 heterocycles. The van der Waals surface area contributed by atoms with Crippen molar-refractivity contribution in [2.75, 3.05) is 13.1 Å². The first-order valence-electron chi connectivity index (χ1n) is 6.20. The van der Waals surface area contributed by atoms with Crippen molar-refractivity contribution in [3.63, 3.8) is 0 Å². The molecule has 0 spiro atoms. The number of carbonyl (C=O) groups is 1. The second kappa shape index (κ2) is 5.40. The fourth-order valence-electron chi connectivity index (χ4n) is 2.16. The van der Waals surface area contributed by atoms with Crippen LogP contribution in [0.15, 0.2) is 18.2 Å². The van der Waals surface area contributed by atoms with Crippen molar-refractivity contribution in [1.82, 2.24) is 4.90 Å². The first kappa shape index (κ1) is 14.8. The van der Waals surface area contributed by atoms with Gasteiger partial charge in [-0.2, -0.15) is 13.2 Å². The lowest BCUT2D eigenvalue weighted by Gasteiger charge is -2.30. The Morgan fingerprint density at radius 2 is 1.85 bits per heavy atom. The van der Waals surface area contributed by atoms with E-state index >= 15 is 0 Å². The van der Waals surface area contributed by atoms with E-state index in [2.05, 4.69) is 0 Å². The number of alkyl halides is 3. The average molecular weight is 290 g/mol. The number of benzene rings is 1. The Bertz CT molecular complexity index is 508. The number of rotatable bonds is 1. The molecule has 1 amide bonds. The van der Waals surface area contributed by atoms with Crippen molar-refractivity contribution in [2.45, 2.75) is 25.1 Å². The number of nitrogens with two attached hydrogens (primary N) is 1. The summed E-state index contributed by atoms with van der Waals surface area (Å²) in [7, 11) is 0. The second-order valence-electron chi connectivity index (χ2n) is 4.82. The Hall–Kier alpha value is -1.63. The summed E-state index contributed by atoms with van der Waals surface area (Å²) in [5.74, 6) is -1.91. The minimum atomic E-state index is -4.81. The highest BCUT2D eigenvalue weighted by atomic mass is 19.4. The van der Waals surface area contributed by atoms with E-state index in [-0.39, 0.29) is 11.6 Å². The Balaban J connectivity index is 2.23. The molecule has 0 bridgehead atoms. The number of likely N-dealkylation sites (tertiary alicyclic amines) is 1. The van der Waals surface area contributed by atoms with Crippen molar-refractivity contribution >= 4 is 5.91 Å². The Labute approximate surface area is 113 Å². The van der Waals surface area contributed by atoms with Crippen LogP contribution < -0.4 is 5.73 Å². The fourth-order valence-corrected chi connectivity index (χ4v) is 2.16. The summed E-state index contributed by atoms with van der Waals surface area (Å²) in [6, 6.07) is 2.32. The van der Waals surface area contributed by atoms with Gasteiger partial charge in [-0.15, -0.1) is 0 Å². The monoisotopic (exact) mass is 290 g/mol. The standard InChI is InChI=1S/C13H14F4N2O/c14-11-2-1-8(7-10(11)13(15,16)17)12(20)19-5-3-9(18)4-6-19/h1-2,7,9H,3-6,18H2. The molecule has 0 unspecified atom stereocenters. The number of piperidine rings is 1. The van der Waals surface area contributed by atoms with Gasteiger partial charge in [-0.25, -0.2) is 4.39 Å². The maximum atomic E-state index is 13.2. The molecule has 1 fully saturated rings. The lowest BCUT2D eigenvalue weighted by molar-refractivity contribution is -0.140. The van der Waals surface area contributed by atoms with Gasteiger partial charge in [0.05, 0.1) is 5.56 Å². The summed E-state index contributed by atoms with van der Waals surface area (Å²) in [6.07, 6.45) is -3.59. The minimum absolute atomic E-state index is 0.0120. The zero-order chi connectivity index (χ0) is 14.9. The van der Waals surface area contributed by atoms with Crippen molar-refractivity contribution < 1.29 is 22.4 Å². The van der Waals surface area contributed by atoms with E-state index in [1.165, 1.54) is 4.90 Å². The largest absolute Gasteiger partial charge is 0.419 e. The van der Waals surface area contributed by atoms with Crippen LogP contribution in [0.1, 0.15) is 28.8 Å². The maximum Gasteiger partial charge on any atom is 0.419 e. The molecule has 7 heteroatoms. The molecule has 110 valence electrons. The molecule has 1 aliphatic heterocycles. The molecule has 0 radical (unpaired) electrons. The quantitative estimate of drug-likeness (QED) is 0.807. The zero-order valence-electron chi connectivity index (χ0n) is 10.6. The van der Waals surface area contributed by atoms with Gasteiger partial charge >= 0.3 is 6.18 Å². The van der Waals surface area contributed by atoms with E-state index in [1.807, 2.05) is 0 Å². The molecule has 0 atom stereocenters. The SMILES string of the molecule is NC1CCN(C(=O)c2ccc(F)c(C(F)(F)F)c2)CC1. The Kier molecular flexibility index (Phi) is 3.99. The van der Waals surface area contributed by atoms with Crippen LogP contribution in [0, 0.1) is 5.82 Å². The van der Waals surface area contributed by atoms with Crippen molar-refractivity contribution in [3.05, 3.63) is 35.1 Å². The van der Waals surface area contributed by atoms with Crippen LogP contribution in [0.4, 0.5) is 17.6 Å². The third-order valence-electron chi connectivity index (χ3n) is 3.35. The van der Waals surface area contributed by atoms with E-state index in [4.69, 9.17) is 5.73 Å². The topological polar surface area (TPSA) is 46.3 Å². The maximum absolute atomic E-state index is 13.2. The van der Waals surface area contributed by atoms with Crippen LogP contribution in [0.2, 0.25) is 0 Å². The molecular formula is C13H14F4N2O. The van der Waals surface area contributed by atoms with Gasteiger partial charge in [0.15, 0.2) is 0 Å². The smallest absolute Gasteiger partial charge is 0.339 e.